The highest BCUT2D eigenvalue weighted by molar-refractivity contribution is 7.88. The summed E-state index contributed by atoms with van der Waals surface area (Å²) < 4.78 is 29.0. The fourth-order valence-corrected chi connectivity index (χ4v) is 2.67. The van der Waals surface area contributed by atoms with Crippen molar-refractivity contribution in [3.05, 3.63) is 52.4 Å². The third-order valence-corrected chi connectivity index (χ3v) is 5.06. The first-order valence-corrected chi connectivity index (χ1v) is 9.20. The van der Waals surface area contributed by atoms with E-state index in [-0.39, 0.29) is 12.3 Å². The first kappa shape index (κ1) is 17.0. The molecule has 0 amide bonds. The van der Waals surface area contributed by atoms with Gasteiger partial charge in [-0.25, -0.2) is 13.2 Å². The predicted molar refractivity (Wildman–Crippen MR) is 96.0 cm³/mol. The van der Waals surface area contributed by atoms with E-state index in [0.717, 1.165) is 10.6 Å². The lowest BCUT2D eigenvalue weighted by Gasteiger charge is -2.08. The molecule has 6 nitrogen and oxygen atoms in total. The molecule has 0 fully saturated rings. The van der Waals surface area contributed by atoms with Crippen LogP contribution >= 0.6 is 0 Å². The summed E-state index contributed by atoms with van der Waals surface area (Å²) in [5.41, 5.74) is 0.371. The van der Waals surface area contributed by atoms with Gasteiger partial charge in [-0.15, -0.1) is 0 Å². The molecule has 0 unspecified atom stereocenters. The zero-order valence-electron chi connectivity index (χ0n) is 13.6. The SMILES string of the molecule is CN(CC#Cc1ccc2c(c1)c(=O)oc1cc(O)ccc12)S(C)(=O)=O. The number of nitrogens with zero attached hydrogens (tertiary/aromatic N) is 1. The van der Waals surface area contributed by atoms with Crippen LogP contribution in [0.2, 0.25) is 0 Å². The molecule has 0 aliphatic heterocycles. The lowest BCUT2D eigenvalue weighted by Crippen LogP contribution is -2.25. The van der Waals surface area contributed by atoms with Gasteiger partial charge in [0.1, 0.15) is 11.3 Å². The molecule has 0 spiro atoms. The topological polar surface area (TPSA) is 87.8 Å². The molecule has 0 atom stereocenters. The Kier molecular flexibility index (Phi) is 4.25. The van der Waals surface area contributed by atoms with Crippen molar-refractivity contribution in [1.29, 1.82) is 0 Å². The molecule has 3 rings (SSSR count). The summed E-state index contributed by atoms with van der Waals surface area (Å²) >= 11 is 0. The maximum atomic E-state index is 12.2. The van der Waals surface area contributed by atoms with Crippen molar-refractivity contribution in [3.8, 4) is 17.6 Å². The highest BCUT2D eigenvalue weighted by Gasteiger charge is 2.09. The Labute approximate surface area is 144 Å². The van der Waals surface area contributed by atoms with Gasteiger partial charge in [-0.3, -0.25) is 0 Å². The number of sulfonamides is 1. The van der Waals surface area contributed by atoms with Gasteiger partial charge in [0.2, 0.25) is 10.0 Å². The Morgan fingerprint density at radius 1 is 1.12 bits per heavy atom. The Hall–Kier alpha value is -2.82. The Morgan fingerprint density at radius 2 is 1.84 bits per heavy atom. The number of hydrogen-bond acceptors (Lipinski definition) is 5. The van der Waals surface area contributed by atoms with Gasteiger partial charge in [0.15, 0.2) is 0 Å². The highest BCUT2D eigenvalue weighted by atomic mass is 32.2. The number of fused-ring (bicyclic) bond motifs is 3. The van der Waals surface area contributed by atoms with Crippen molar-refractivity contribution in [1.82, 2.24) is 4.31 Å². The molecule has 128 valence electrons. The third-order valence-electron chi connectivity index (χ3n) is 3.80. The largest absolute Gasteiger partial charge is 0.508 e. The molecule has 0 saturated heterocycles. The van der Waals surface area contributed by atoms with Gasteiger partial charge in [0.25, 0.3) is 0 Å². The van der Waals surface area contributed by atoms with E-state index in [1.165, 1.54) is 19.2 Å². The number of hydrogen-bond donors (Lipinski definition) is 1. The van der Waals surface area contributed by atoms with Gasteiger partial charge in [0, 0.05) is 29.4 Å². The lowest BCUT2D eigenvalue weighted by molar-refractivity contribution is 0.473. The maximum absolute atomic E-state index is 12.2. The predicted octanol–water partition coefficient (Wildman–Crippen LogP) is 1.89. The van der Waals surface area contributed by atoms with Crippen LogP contribution in [0.3, 0.4) is 0 Å². The van der Waals surface area contributed by atoms with Crippen LogP contribution in [0.4, 0.5) is 0 Å². The molecule has 1 N–H and O–H groups in total. The molecule has 3 aromatic rings. The minimum Gasteiger partial charge on any atom is -0.508 e. The molecule has 0 aliphatic carbocycles. The Morgan fingerprint density at radius 3 is 2.56 bits per heavy atom. The molecular formula is C18H15NO5S. The van der Waals surface area contributed by atoms with E-state index in [1.54, 1.807) is 24.3 Å². The minimum atomic E-state index is -3.28. The van der Waals surface area contributed by atoms with E-state index in [9.17, 15) is 18.3 Å². The molecule has 1 aromatic heterocycles. The fraction of sp³-hybridized carbons (Fsp3) is 0.167. The summed E-state index contributed by atoms with van der Waals surface area (Å²) in [6.07, 6.45) is 1.11. The number of phenols is 1. The van der Waals surface area contributed by atoms with Crippen LogP contribution in [0.5, 0.6) is 5.75 Å². The van der Waals surface area contributed by atoms with Gasteiger partial charge in [-0.1, -0.05) is 17.9 Å². The smallest absolute Gasteiger partial charge is 0.344 e. The van der Waals surface area contributed by atoms with E-state index in [0.29, 0.717) is 27.3 Å². The quantitative estimate of drug-likeness (QED) is 0.430. The second-order valence-corrected chi connectivity index (χ2v) is 7.74. The normalized spacial score (nSPS) is 11.6. The van der Waals surface area contributed by atoms with Crippen molar-refractivity contribution in [2.75, 3.05) is 19.8 Å². The zero-order valence-corrected chi connectivity index (χ0v) is 14.4. The van der Waals surface area contributed by atoms with Crippen LogP contribution < -0.4 is 5.63 Å². The molecular weight excluding hydrogens is 342 g/mol. The second-order valence-electron chi connectivity index (χ2n) is 5.65. The minimum absolute atomic E-state index is 0.0208. The van der Waals surface area contributed by atoms with Gasteiger partial charge in [0.05, 0.1) is 18.2 Å². The zero-order chi connectivity index (χ0) is 18.2. The highest BCUT2D eigenvalue weighted by Crippen LogP contribution is 2.26. The molecule has 0 saturated carbocycles. The van der Waals surface area contributed by atoms with E-state index >= 15 is 0 Å². The summed E-state index contributed by atoms with van der Waals surface area (Å²) in [7, 11) is -1.84. The maximum Gasteiger partial charge on any atom is 0.344 e. The Balaban J connectivity index is 2.04. The van der Waals surface area contributed by atoms with Gasteiger partial charge < -0.3 is 9.52 Å². The molecule has 0 bridgehead atoms. The van der Waals surface area contributed by atoms with E-state index in [1.807, 2.05) is 0 Å². The molecule has 7 heteroatoms. The van der Waals surface area contributed by atoms with Crippen LogP contribution in [0.25, 0.3) is 21.7 Å². The number of aromatic hydroxyl groups is 1. The first-order chi connectivity index (χ1) is 11.8. The van der Waals surface area contributed by atoms with E-state index in [4.69, 9.17) is 4.42 Å². The fourth-order valence-electron chi connectivity index (χ4n) is 2.37. The molecule has 0 aliphatic rings. The van der Waals surface area contributed by atoms with Crippen LogP contribution in [0.1, 0.15) is 5.56 Å². The van der Waals surface area contributed by atoms with Crippen molar-refractivity contribution in [3.63, 3.8) is 0 Å². The van der Waals surface area contributed by atoms with Crippen molar-refractivity contribution in [2.45, 2.75) is 0 Å². The van der Waals surface area contributed by atoms with Gasteiger partial charge in [-0.2, -0.15) is 4.31 Å². The average molecular weight is 357 g/mol. The summed E-state index contributed by atoms with van der Waals surface area (Å²) in [6, 6.07) is 9.72. The van der Waals surface area contributed by atoms with Crippen LogP contribution in [0, 0.1) is 11.8 Å². The average Bonchev–Trinajstić information content (AvgIpc) is 2.54. The third kappa shape index (κ3) is 3.50. The summed E-state index contributed by atoms with van der Waals surface area (Å²) in [5.74, 6) is 5.64. The second kappa shape index (κ2) is 6.24. The van der Waals surface area contributed by atoms with Crippen molar-refractivity contribution < 1.29 is 17.9 Å². The number of phenolic OH excluding ortho intramolecular Hbond substituents is 1. The summed E-state index contributed by atoms with van der Waals surface area (Å²) in [6.45, 7) is 0.0580. The van der Waals surface area contributed by atoms with Crippen molar-refractivity contribution >= 4 is 31.8 Å². The number of rotatable bonds is 2. The van der Waals surface area contributed by atoms with E-state index < -0.39 is 15.6 Å². The molecule has 25 heavy (non-hydrogen) atoms. The molecule has 2 aromatic carbocycles. The van der Waals surface area contributed by atoms with Crippen LogP contribution in [-0.4, -0.2) is 37.7 Å². The Bertz CT molecular complexity index is 1200. The molecule has 0 radical (unpaired) electrons. The van der Waals surface area contributed by atoms with Gasteiger partial charge in [-0.05, 0) is 24.3 Å². The summed E-state index contributed by atoms with van der Waals surface area (Å²) in [5, 5.41) is 11.3. The lowest BCUT2D eigenvalue weighted by atomic mass is 10.0. The van der Waals surface area contributed by atoms with Crippen LogP contribution in [0.15, 0.2) is 45.6 Å². The van der Waals surface area contributed by atoms with E-state index in [2.05, 4.69) is 11.8 Å². The number of benzene rings is 2. The monoisotopic (exact) mass is 357 g/mol. The van der Waals surface area contributed by atoms with Crippen LogP contribution in [-0.2, 0) is 10.0 Å². The summed E-state index contributed by atoms with van der Waals surface area (Å²) in [4.78, 5) is 12.2. The first-order valence-electron chi connectivity index (χ1n) is 7.35. The standard InChI is InChI=1S/C18H15NO5S/c1-19(25(2,22)23)9-3-4-12-5-7-14-15-8-6-13(20)11-17(15)24-18(21)16(14)10-12/h5-8,10-11,20H,9H2,1-2H3. The van der Waals surface area contributed by atoms with Gasteiger partial charge >= 0.3 is 5.63 Å². The molecule has 1 heterocycles. The van der Waals surface area contributed by atoms with Crippen molar-refractivity contribution in [2.24, 2.45) is 0 Å².